The largest absolute Gasteiger partial charge is 0.481 e. The van der Waals surface area contributed by atoms with E-state index in [0.29, 0.717) is 12.1 Å². The third-order valence-corrected chi connectivity index (χ3v) is 2.83. The molecule has 0 saturated carbocycles. The van der Waals surface area contributed by atoms with Crippen LogP contribution in [-0.4, -0.2) is 23.7 Å². The van der Waals surface area contributed by atoms with E-state index in [1.54, 1.807) is 6.92 Å². The molecule has 1 unspecified atom stereocenters. The van der Waals surface area contributed by atoms with Gasteiger partial charge in [-0.15, -0.1) is 0 Å². The Morgan fingerprint density at radius 3 is 2.26 bits per heavy atom. The fourth-order valence-electron chi connectivity index (χ4n) is 1.84. The number of carboxylic acid groups (broad SMARTS) is 1. The normalized spacial score (nSPS) is 11.7. The van der Waals surface area contributed by atoms with Gasteiger partial charge in [0.25, 0.3) is 0 Å². The number of carbonyl (C=O) groups is 2. The number of carbonyl (C=O) groups excluding carboxylic acids is 1. The molecular formula is C14H20N2O3. The van der Waals surface area contributed by atoms with E-state index in [1.165, 1.54) is 0 Å². The lowest BCUT2D eigenvalue weighted by molar-refractivity contribution is -0.141. The zero-order valence-electron chi connectivity index (χ0n) is 11.5. The van der Waals surface area contributed by atoms with Crippen molar-refractivity contribution in [1.82, 2.24) is 5.32 Å². The summed E-state index contributed by atoms with van der Waals surface area (Å²) in [6, 6.07) is 5.35. The van der Waals surface area contributed by atoms with Crippen molar-refractivity contribution in [3.05, 3.63) is 29.3 Å². The molecule has 1 rings (SSSR count). The summed E-state index contributed by atoms with van der Waals surface area (Å²) in [6.07, 6.45) is 0.485. The van der Waals surface area contributed by atoms with Crippen LogP contribution in [0.1, 0.15) is 24.5 Å². The highest BCUT2D eigenvalue weighted by atomic mass is 16.4. The highest BCUT2D eigenvalue weighted by Gasteiger charge is 2.15. The summed E-state index contributed by atoms with van der Waals surface area (Å²) in [6.45, 7) is 5.81. The molecule has 0 aliphatic carbocycles. The van der Waals surface area contributed by atoms with Crippen LogP contribution < -0.4 is 10.6 Å². The lowest BCUT2D eigenvalue weighted by Gasteiger charge is -2.12. The summed E-state index contributed by atoms with van der Waals surface area (Å²) in [5.74, 6) is -1.45. The maximum atomic E-state index is 11.7. The second kappa shape index (κ2) is 6.78. The summed E-state index contributed by atoms with van der Waals surface area (Å²) < 4.78 is 0. The van der Waals surface area contributed by atoms with Gasteiger partial charge in [0.2, 0.25) is 0 Å². The van der Waals surface area contributed by atoms with Gasteiger partial charge < -0.3 is 15.7 Å². The number of nitrogens with one attached hydrogen (secondary N) is 2. The standard InChI is InChI=1S/C14H20N2O3/c1-4-11(13(17)18)8-15-14(19)16-12-6-9(2)5-10(3)7-12/h5-7,11H,4,8H2,1-3H3,(H,17,18)(H2,15,16,19). The summed E-state index contributed by atoms with van der Waals surface area (Å²) >= 11 is 0. The van der Waals surface area contributed by atoms with Gasteiger partial charge in [-0.25, -0.2) is 4.79 Å². The van der Waals surface area contributed by atoms with Crippen LogP contribution in [0.2, 0.25) is 0 Å². The van der Waals surface area contributed by atoms with E-state index >= 15 is 0 Å². The van der Waals surface area contributed by atoms with Gasteiger partial charge in [-0.05, 0) is 43.5 Å². The molecular weight excluding hydrogens is 244 g/mol. The summed E-state index contributed by atoms with van der Waals surface area (Å²) in [5.41, 5.74) is 2.83. The fraction of sp³-hybridized carbons (Fsp3) is 0.429. The first kappa shape index (κ1) is 15.0. The minimum absolute atomic E-state index is 0.127. The molecule has 0 aromatic heterocycles. The molecule has 5 heteroatoms. The smallest absolute Gasteiger partial charge is 0.319 e. The number of aliphatic carboxylic acids is 1. The van der Waals surface area contributed by atoms with Gasteiger partial charge in [0.15, 0.2) is 0 Å². The van der Waals surface area contributed by atoms with Crippen molar-refractivity contribution in [2.45, 2.75) is 27.2 Å². The van der Waals surface area contributed by atoms with Crippen molar-refractivity contribution in [3.63, 3.8) is 0 Å². The van der Waals surface area contributed by atoms with E-state index in [-0.39, 0.29) is 12.6 Å². The molecule has 0 aliphatic heterocycles. The van der Waals surface area contributed by atoms with Crippen LogP contribution in [0.5, 0.6) is 0 Å². The van der Waals surface area contributed by atoms with Crippen molar-refractivity contribution in [2.24, 2.45) is 5.92 Å². The first-order valence-corrected chi connectivity index (χ1v) is 6.28. The third kappa shape index (κ3) is 4.99. The van der Waals surface area contributed by atoms with Crippen LogP contribution in [-0.2, 0) is 4.79 Å². The molecule has 104 valence electrons. The molecule has 0 bridgehead atoms. The van der Waals surface area contributed by atoms with E-state index in [9.17, 15) is 9.59 Å². The molecule has 2 amide bonds. The molecule has 0 spiro atoms. The summed E-state index contributed by atoms with van der Waals surface area (Å²) in [4.78, 5) is 22.5. The average Bonchev–Trinajstić information content (AvgIpc) is 2.27. The average molecular weight is 264 g/mol. The number of amides is 2. The highest BCUT2D eigenvalue weighted by molar-refractivity contribution is 5.89. The second-order valence-corrected chi connectivity index (χ2v) is 4.65. The third-order valence-electron chi connectivity index (χ3n) is 2.83. The summed E-state index contributed by atoms with van der Waals surface area (Å²) in [7, 11) is 0. The van der Waals surface area contributed by atoms with E-state index < -0.39 is 11.9 Å². The van der Waals surface area contributed by atoms with Crippen LogP contribution in [0.15, 0.2) is 18.2 Å². The van der Waals surface area contributed by atoms with Crippen LogP contribution >= 0.6 is 0 Å². The lowest BCUT2D eigenvalue weighted by atomic mass is 10.1. The Balaban J connectivity index is 2.53. The Morgan fingerprint density at radius 2 is 1.79 bits per heavy atom. The number of rotatable bonds is 5. The van der Waals surface area contributed by atoms with Gasteiger partial charge in [-0.2, -0.15) is 0 Å². The Hall–Kier alpha value is -2.04. The molecule has 0 aliphatic rings. The molecule has 19 heavy (non-hydrogen) atoms. The number of aryl methyl sites for hydroxylation is 2. The van der Waals surface area contributed by atoms with Crippen molar-refractivity contribution in [1.29, 1.82) is 0 Å². The Kier molecular flexibility index (Phi) is 5.36. The molecule has 0 fully saturated rings. The minimum atomic E-state index is -0.894. The Bertz CT molecular complexity index is 452. The van der Waals surface area contributed by atoms with Crippen LogP contribution in [0.3, 0.4) is 0 Å². The highest BCUT2D eigenvalue weighted by Crippen LogP contribution is 2.13. The molecule has 5 nitrogen and oxygen atoms in total. The molecule has 3 N–H and O–H groups in total. The van der Waals surface area contributed by atoms with Crippen molar-refractivity contribution >= 4 is 17.7 Å². The first-order chi connectivity index (χ1) is 8.92. The zero-order valence-corrected chi connectivity index (χ0v) is 11.5. The minimum Gasteiger partial charge on any atom is -0.481 e. The number of urea groups is 1. The van der Waals surface area contributed by atoms with Crippen molar-refractivity contribution < 1.29 is 14.7 Å². The van der Waals surface area contributed by atoms with Crippen molar-refractivity contribution in [2.75, 3.05) is 11.9 Å². The molecule has 0 radical (unpaired) electrons. The van der Waals surface area contributed by atoms with Gasteiger partial charge in [0.05, 0.1) is 5.92 Å². The molecule has 1 aromatic rings. The quantitative estimate of drug-likeness (QED) is 0.764. The number of hydrogen-bond donors (Lipinski definition) is 3. The molecule has 0 saturated heterocycles. The monoisotopic (exact) mass is 264 g/mol. The predicted octanol–water partition coefficient (Wildman–Crippen LogP) is 2.54. The van der Waals surface area contributed by atoms with Gasteiger partial charge in [-0.1, -0.05) is 13.0 Å². The first-order valence-electron chi connectivity index (χ1n) is 6.28. The van der Waals surface area contributed by atoms with Crippen LogP contribution in [0.4, 0.5) is 10.5 Å². The van der Waals surface area contributed by atoms with E-state index in [0.717, 1.165) is 11.1 Å². The van der Waals surface area contributed by atoms with E-state index in [1.807, 2.05) is 32.0 Å². The zero-order chi connectivity index (χ0) is 14.4. The maximum Gasteiger partial charge on any atom is 0.319 e. The second-order valence-electron chi connectivity index (χ2n) is 4.65. The fourth-order valence-corrected chi connectivity index (χ4v) is 1.84. The topological polar surface area (TPSA) is 78.4 Å². The number of anilines is 1. The van der Waals surface area contributed by atoms with Crippen LogP contribution in [0.25, 0.3) is 0 Å². The number of benzene rings is 1. The Morgan fingerprint density at radius 1 is 1.21 bits per heavy atom. The van der Waals surface area contributed by atoms with Crippen LogP contribution in [0, 0.1) is 19.8 Å². The number of hydrogen-bond acceptors (Lipinski definition) is 2. The van der Waals surface area contributed by atoms with Gasteiger partial charge >= 0.3 is 12.0 Å². The van der Waals surface area contributed by atoms with Gasteiger partial charge in [0.1, 0.15) is 0 Å². The van der Waals surface area contributed by atoms with Crippen molar-refractivity contribution in [3.8, 4) is 0 Å². The van der Waals surface area contributed by atoms with Gasteiger partial charge in [0, 0.05) is 12.2 Å². The van der Waals surface area contributed by atoms with E-state index in [4.69, 9.17) is 5.11 Å². The molecule has 1 aromatic carbocycles. The predicted molar refractivity (Wildman–Crippen MR) is 74.4 cm³/mol. The lowest BCUT2D eigenvalue weighted by Crippen LogP contribution is -2.35. The summed E-state index contributed by atoms with van der Waals surface area (Å²) in [5, 5.41) is 14.1. The van der Waals surface area contributed by atoms with E-state index in [2.05, 4.69) is 10.6 Å². The molecule has 1 atom stereocenters. The Labute approximate surface area is 113 Å². The maximum absolute atomic E-state index is 11.7. The SMILES string of the molecule is CCC(CNC(=O)Nc1cc(C)cc(C)c1)C(=O)O. The number of carboxylic acids is 1. The molecule has 0 heterocycles. The van der Waals surface area contributed by atoms with Gasteiger partial charge in [-0.3, -0.25) is 4.79 Å².